The lowest BCUT2D eigenvalue weighted by atomic mass is 10.2. The molecule has 0 amide bonds. The highest BCUT2D eigenvalue weighted by molar-refractivity contribution is 5.45. The molecule has 1 atom stereocenters. The predicted molar refractivity (Wildman–Crippen MR) is 63.3 cm³/mol. The second kappa shape index (κ2) is 5.01. The van der Waals surface area contributed by atoms with Crippen molar-refractivity contribution in [3.8, 4) is 0 Å². The summed E-state index contributed by atoms with van der Waals surface area (Å²) in [6.07, 6.45) is 0.763. The normalized spacial score (nSPS) is 12.4. The molecule has 3 nitrogen and oxygen atoms in total. The number of halogens is 1. The van der Waals surface area contributed by atoms with Crippen LogP contribution in [0.3, 0.4) is 0 Å². The van der Waals surface area contributed by atoms with E-state index < -0.39 is 6.10 Å². The van der Waals surface area contributed by atoms with Gasteiger partial charge in [0.15, 0.2) is 0 Å². The van der Waals surface area contributed by atoms with Gasteiger partial charge >= 0.3 is 0 Å². The quantitative estimate of drug-likeness (QED) is 0.856. The summed E-state index contributed by atoms with van der Waals surface area (Å²) < 4.78 is 18.3. The molecule has 1 aromatic carbocycles. The topological polar surface area (TPSA) is 45.4 Å². The number of hydrogen-bond acceptors (Lipinski definition) is 3. The van der Waals surface area contributed by atoms with Crippen molar-refractivity contribution in [2.24, 2.45) is 0 Å². The fourth-order valence-electron chi connectivity index (χ4n) is 1.50. The van der Waals surface area contributed by atoms with Gasteiger partial charge in [0.1, 0.15) is 17.7 Å². The zero-order valence-corrected chi connectivity index (χ0v) is 9.48. The predicted octanol–water partition coefficient (Wildman–Crippen LogP) is 2.87. The monoisotopic (exact) mass is 235 g/mol. The average molecular weight is 235 g/mol. The summed E-state index contributed by atoms with van der Waals surface area (Å²) in [5, 5.41) is 12.7. The van der Waals surface area contributed by atoms with Gasteiger partial charge in [-0.25, -0.2) is 4.39 Å². The number of hydrogen-bond donors (Lipinski definition) is 2. The Morgan fingerprint density at radius 3 is 2.88 bits per heavy atom. The van der Waals surface area contributed by atoms with Gasteiger partial charge < -0.3 is 14.8 Å². The summed E-state index contributed by atoms with van der Waals surface area (Å²) in [4.78, 5) is 0. The minimum absolute atomic E-state index is 0.262. The smallest absolute Gasteiger partial charge is 0.134 e. The number of benzene rings is 1. The van der Waals surface area contributed by atoms with Crippen LogP contribution in [-0.4, -0.2) is 11.7 Å². The molecule has 4 heteroatoms. The molecule has 0 aliphatic carbocycles. The van der Waals surface area contributed by atoms with E-state index in [4.69, 9.17) is 4.42 Å². The molecule has 0 fully saturated rings. The zero-order valence-electron chi connectivity index (χ0n) is 9.48. The van der Waals surface area contributed by atoms with Crippen LogP contribution < -0.4 is 5.32 Å². The summed E-state index contributed by atoms with van der Waals surface area (Å²) in [6, 6.07) is 8.28. The van der Waals surface area contributed by atoms with Gasteiger partial charge in [-0.15, -0.1) is 0 Å². The van der Waals surface area contributed by atoms with Crippen LogP contribution in [-0.2, 0) is 0 Å². The largest absolute Gasteiger partial charge is 0.467 e. The molecule has 0 spiro atoms. The van der Waals surface area contributed by atoms with E-state index in [1.807, 2.05) is 0 Å². The molecule has 90 valence electrons. The number of furan rings is 1. The molecule has 2 N–H and O–H groups in total. The van der Waals surface area contributed by atoms with E-state index in [-0.39, 0.29) is 12.4 Å². The fourth-order valence-corrected chi connectivity index (χ4v) is 1.50. The van der Waals surface area contributed by atoms with Gasteiger partial charge in [-0.3, -0.25) is 0 Å². The Kier molecular flexibility index (Phi) is 3.44. The summed E-state index contributed by atoms with van der Waals surface area (Å²) in [6.45, 7) is 1.98. The van der Waals surface area contributed by atoms with Crippen molar-refractivity contribution >= 4 is 5.69 Å². The highest BCUT2D eigenvalue weighted by atomic mass is 19.1. The molecule has 1 unspecified atom stereocenters. The van der Waals surface area contributed by atoms with Crippen molar-refractivity contribution in [3.63, 3.8) is 0 Å². The number of rotatable bonds is 4. The van der Waals surface area contributed by atoms with Crippen LogP contribution in [0.1, 0.15) is 17.4 Å². The molecule has 0 saturated carbocycles. The third kappa shape index (κ3) is 2.85. The molecule has 0 saturated heterocycles. The Hall–Kier alpha value is -1.81. The molecule has 17 heavy (non-hydrogen) atoms. The van der Waals surface area contributed by atoms with Gasteiger partial charge in [0.25, 0.3) is 0 Å². The van der Waals surface area contributed by atoms with Crippen molar-refractivity contribution in [2.45, 2.75) is 13.0 Å². The first-order chi connectivity index (χ1) is 8.16. The second-order valence-electron chi connectivity index (χ2n) is 3.88. The van der Waals surface area contributed by atoms with Crippen molar-refractivity contribution in [1.82, 2.24) is 0 Å². The van der Waals surface area contributed by atoms with Crippen LogP contribution in [0.25, 0.3) is 0 Å². The van der Waals surface area contributed by atoms with E-state index in [1.54, 1.807) is 31.2 Å². The minimum atomic E-state index is -0.741. The number of aliphatic hydroxyl groups is 1. The number of anilines is 1. The SMILES string of the molecule is Cc1ccc(NCC(O)c2ccco2)cc1F. The highest BCUT2D eigenvalue weighted by Crippen LogP contribution is 2.17. The van der Waals surface area contributed by atoms with Crippen molar-refractivity contribution < 1.29 is 13.9 Å². The van der Waals surface area contributed by atoms with E-state index in [0.29, 0.717) is 17.0 Å². The Balaban J connectivity index is 1.96. The molecular weight excluding hydrogens is 221 g/mol. The minimum Gasteiger partial charge on any atom is -0.467 e. The maximum absolute atomic E-state index is 13.3. The van der Waals surface area contributed by atoms with E-state index in [1.165, 1.54) is 12.3 Å². The molecule has 0 bridgehead atoms. The lowest BCUT2D eigenvalue weighted by Gasteiger charge is -2.11. The molecule has 1 aromatic heterocycles. The molecular formula is C13H14FNO2. The maximum atomic E-state index is 13.3. The third-order valence-electron chi connectivity index (χ3n) is 2.54. The summed E-state index contributed by atoms with van der Waals surface area (Å²) >= 11 is 0. The van der Waals surface area contributed by atoms with E-state index in [0.717, 1.165) is 0 Å². The molecule has 1 heterocycles. The Morgan fingerprint density at radius 2 is 2.24 bits per heavy atom. The van der Waals surface area contributed by atoms with Crippen LogP contribution in [0.2, 0.25) is 0 Å². The zero-order chi connectivity index (χ0) is 12.3. The standard InChI is InChI=1S/C13H14FNO2/c1-9-4-5-10(7-11(9)14)15-8-12(16)13-3-2-6-17-13/h2-7,12,15-16H,8H2,1H3. The van der Waals surface area contributed by atoms with Gasteiger partial charge in [0, 0.05) is 12.2 Å². The summed E-state index contributed by atoms with van der Waals surface area (Å²) in [7, 11) is 0. The average Bonchev–Trinajstić information content (AvgIpc) is 2.84. The van der Waals surface area contributed by atoms with Crippen LogP contribution in [0.15, 0.2) is 41.0 Å². The third-order valence-corrected chi connectivity index (χ3v) is 2.54. The van der Waals surface area contributed by atoms with Crippen LogP contribution in [0, 0.1) is 12.7 Å². The fraction of sp³-hybridized carbons (Fsp3) is 0.231. The van der Waals surface area contributed by atoms with Crippen molar-refractivity contribution in [2.75, 3.05) is 11.9 Å². The molecule has 0 aliphatic rings. The van der Waals surface area contributed by atoms with Crippen molar-refractivity contribution in [3.05, 3.63) is 53.7 Å². The Bertz CT molecular complexity index is 482. The second-order valence-corrected chi connectivity index (χ2v) is 3.88. The molecule has 0 radical (unpaired) electrons. The first-order valence-corrected chi connectivity index (χ1v) is 5.38. The summed E-state index contributed by atoms with van der Waals surface area (Å²) in [5.74, 6) is 0.229. The van der Waals surface area contributed by atoms with E-state index in [9.17, 15) is 9.50 Å². The Morgan fingerprint density at radius 1 is 1.41 bits per heavy atom. The van der Waals surface area contributed by atoms with Crippen LogP contribution in [0.5, 0.6) is 0 Å². The first kappa shape index (κ1) is 11.7. The lowest BCUT2D eigenvalue weighted by Crippen LogP contribution is -2.11. The van der Waals surface area contributed by atoms with E-state index in [2.05, 4.69) is 5.32 Å². The first-order valence-electron chi connectivity index (χ1n) is 5.38. The van der Waals surface area contributed by atoms with Gasteiger partial charge in [-0.1, -0.05) is 6.07 Å². The number of aryl methyl sites for hydroxylation is 1. The molecule has 0 aliphatic heterocycles. The summed E-state index contributed by atoms with van der Waals surface area (Å²) in [5.41, 5.74) is 1.24. The maximum Gasteiger partial charge on any atom is 0.134 e. The van der Waals surface area contributed by atoms with Gasteiger partial charge in [-0.05, 0) is 36.8 Å². The van der Waals surface area contributed by atoms with Crippen molar-refractivity contribution in [1.29, 1.82) is 0 Å². The number of nitrogens with one attached hydrogen (secondary N) is 1. The molecule has 2 rings (SSSR count). The van der Waals surface area contributed by atoms with Gasteiger partial charge in [0.05, 0.1) is 6.26 Å². The van der Waals surface area contributed by atoms with Gasteiger partial charge in [0.2, 0.25) is 0 Å². The van der Waals surface area contributed by atoms with Crippen LogP contribution >= 0.6 is 0 Å². The lowest BCUT2D eigenvalue weighted by molar-refractivity contribution is 0.162. The Labute approximate surface area is 98.9 Å². The van der Waals surface area contributed by atoms with Gasteiger partial charge in [-0.2, -0.15) is 0 Å². The number of aliphatic hydroxyl groups excluding tert-OH is 1. The van der Waals surface area contributed by atoms with E-state index >= 15 is 0 Å². The van der Waals surface area contributed by atoms with Crippen LogP contribution in [0.4, 0.5) is 10.1 Å². The highest BCUT2D eigenvalue weighted by Gasteiger charge is 2.09. The molecule has 2 aromatic rings.